The summed E-state index contributed by atoms with van der Waals surface area (Å²) >= 11 is 0. The molecule has 8 heteroatoms. The van der Waals surface area contributed by atoms with Gasteiger partial charge in [-0.25, -0.2) is 0 Å². The van der Waals surface area contributed by atoms with Gasteiger partial charge < -0.3 is 4.74 Å². The largest absolute Gasteiger partial charge is 0.497 e. The fourth-order valence-corrected chi connectivity index (χ4v) is 1.72. The van der Waals surface area contributed by atoms with Crippen molar-refractivity contribution in [3.63, 3.8) is 0 Å². The number of methoxy groups -OCH3 is 1. The van der Waals surface area contributed by atoms with E-state index < -0.39 is 28.5 Å². The van der Waals surface area contributed by atoms with E-state index >= 15 is 0 Å². The number of rotatable bonds is 5. The molecule has 0 aliphatic carbocycles. The summed E-state index contributed by atoms with van der Waals surface area (Å²) in [5, 5.41) is 0. The van der Waals surface area contributed by atoms with Gasteiger partial charge in [0.05, 0.1) is 25.5 Å². The molecule has 112 valence electrons. The standard InChI is InChI=1S/C12H13F3O4S/c1-18-10-5-3-9(4-6-10)11(12(13,14)15)7-8-19-20(2,16)17/h3-7H,8H2,1-2H3/b11-7+. The summed E-state index contributed by atoms with van der Waals surface area (Å²) in [6.45, 7) is -0.681. The molecule has 4 nitrogen and oxygen atoms in total. The molecule has 0 amide bonds. The van der Waals surface area contributed by atoms with E-state index in [4.69, 9.17) is 4.74 Å². The number of benzene rings is 1. The Kier molecular flexibility index (Phi) is 5.18. The first-order valence-corrected chi connectivity index (χ1v) is 7.21. The average Bonchev–Trinajstić information content (AvgIpc) is 2.32. The second-order valence-electron chi connectivity index (χ2n) is 3.83. The van der Waals surface area contributed by atoms with Crippen molar-refractivity contribution >= 4 is 15.7 Å². The zero-order chi connectivity index (χ0) is 15.4. The van der Waals surface area contributed by atoms with Crippen LogP contribution in [0.25, 0.3) is 5.57 Å². The van der Waals surface area contributed by atoms with Gasteiger partial charge >= 0.3 is 6.18 Å². The molecule has 0 heterocycles. The highest BCUT2D eigenvalue weighted by atomic mass is 32.2. The Labute approximate surface area is 114 Å². The van der Waals surface area contributed by atoms with Gasteiger partial charge in [-0.1, -0.05) is 12.1 Å². The molecule has 0 saturated heterocycles. The van der Waals surface area contributed by atoms with Crippen LogP contribution in [0.3, 0.4) is 0 Å². The lowest BCUT2D eigenvalue weighted by Gasteiger charge is -2.12. The van der Waals surface area contributed by atoms with Gasteiger partial charge in [0.15, 0.2) is 0 Å². The first-order chi connectivity index (χ1) is 9.13. The Hall–Kier alpha value is -1.54. The Balaban J connectivity index is 3.03. The molecule has 0 saturated carbocycles. The molecule has 0 aromatic heterocycles. The first-order valence-electron chi connectivity index (χ1n) is 5.39. The van der Waals surface area contributed by atoms with Gasteiger partial charge in [-0.05, 0) is 23.8 Å². The van der Waals surface area contributed by atoms with Crippen LogP contribution in [0.2, 0.25) is 0 Å². The molecule has 0 fully saturated rings. The molecular formula is C12H13F3O4S. The van der Waals surface area contributed by atoms with E-state index in [-0.39, 0.29) is 5.56 Å². The minimum absolute atomic E-state index is 0.101. The highest BCUT2D eigenvalue weighted by Crippen LogP contribution is 2.34. The van der Waals surface area contributed by atoms with E-state index in [0.717, 1.165) is 6.26 Å². The summed E-state index contributed by atoms with van der Waals surface area (Å²) in [6.07, 6.45) is -3.17. The molecule has 0 radical (unpaired) electrons. The van der Waals surface area contributed by atoms with Crippen LogP contribution >= 0.6 is 0 Å². The first kappa shape index (κ1) is 16.5. The van der Waals surface area contributed by atoms with Crippen LogP contribution in [0.4, 0.5) is 13.2 Å². The summed E-state index contributed by atoms with van der Waals surface area (Å²) in [5.41, 5.74) is -1.07. The zero-order valence-electron chi connectivity index (χ0n) is 10.8. The lowest BCUT2D eigenvalue weighted by atomic mass is 10.1. The van der Waals surface area contributed by atoms with Gasteiger partial charge in [0.1, 0.15) is 5.75 Å². The minimum atomic E-state index is -4.62. The number of hydrogen-bond acceptors (Lipinski definition) is 4. The fraction of sp³-hybridized carbons (Fsp3) is 0.333. The van der Waals surface area contributed by atoms with Crippen molar-refractivity contribution in [2.45, 2.75) is 6.18 Å². The molecule has 0 spiro atoms. The molecule has 0 bridgehead atoms. The van der Waals surface area contributed by atoms with Crippen LogP contribution in [0, 0.1) is 0 Å². The van der Waals surface area contributed by atoms with Gasteiger partial charge in [-0.3, -0.25) is 4.18 Å². The monoisotopic (exact) mass is 310 g/mol. The van der Waals surface area contributed by atoms with Crippen LogP contribution in [0.5, 0.6) is 5.75 Å². The van der Waals surface area contributed by atoms with Crippen molar-refractivity contribution in [3.8, 4) is 5.75 Å². The highest BCUT2D eigenvalue weighted by Gasteiger charge is 2.34. The molecule has 0 aliphatic rings. The second-order valence-corrected chi connectivity index (χ2v) is 5.48. The lowest BCUT2D eigenvalue weighted by Crippen LogP contribution is -2.12. The average molecular weight is 310 g/mol. The van der Waals surface area contributed by atoms with Crippen molar-refractivity contribution < 1.29 is 30.5 Å². The van der Waals surface area contributed by atoms with Crippen molar-refractivity contribution in [1.29, 1.82) is 0 Å². The highest BCUT2D eigenvalue weighted by molar-refractivity contribution is 7.85. The van der Waals surface area contributed by atoms with Gasteiger partial charge in [0.2, 0.25) is 0 Å². The third kappa shape index (κ3) is 5.22. The number of hydrogen-bond donors (Lipinski definition) is 0. The molecule has 0 atom stereocenters. The summed E-state index contributed by atoms with van der Waals surface area (Å²) in [7, 11) is -2.39. The van der Waals surface area contributed by atoms with Gasteiger partial charge in [-0.2, -0.15) is 21.6 Å². The van der Waals surface area contributed by atoms with Crippen LogP contribution in [0.15, 0.2) is 30.3 Å². The Bertz CT molecular complexity index is 574. The number of halogens is 3. The van der Waals surface area contributed by atoms with Crippen LogP contribution in [-0.4, -0.2) is 34.6 Å². The van der Waals surface area contributed by atoms with Gasteiger partial charge in [-0.15, -0.1) is 0 Å². The van der Waals surface area contributed by atoms with Crippen molar-refractivity contribution in [1.82, 2.24) is 0 Å². The maximum atomic E-state index is 12.9. The molecule has 1 aromatic rings. The van der Waals surface area contributed by atoms with Crippen molar-refractivity contribution in [2.75, 3.05) is 20.0 Å². The number of allylic oxidation sites excluding steroid dienone is 1. The normalized spacial score (nSPS) is 13.3. The molecule has 1 rings (SSSR count). The summed E-state index contributed by atoms with van der Waals surface area (Å²) in [6, 6.07) is 5.23. The van der Waals surface area contributed by atoms with E-state index in [1.807, 2.05) is 0 Å². The van der Waals surface area contributed by atoms with Crippen LogP contribution in [-0.2, 0) is 14.3 Å². The molecule has 20 heavy (non-hydrogen) atoms. The van der Waals surface area contributed by atoms with Crippen molar-refractivity contribution in [3.05, 3.63) is 35.9 Å². The molecular weight excluding hydrogens is 297 g/mol. The quantitative estimate of drug-likeness (QED) is 0.785. The van der Waals surface area contributed by atoms with E-state index in [2.05, 4.69) is 4.18 Å². The zero-order valence-corrected chi connectivity index (χ0v) is 11.6. The molecule has 1 aromatic carbocycles. The van der Waals surface area contributed by atoms with E-state index in [0.29, 0.717) is 11.8 Å². The van der Waals surface area contributed by atoms with Gasteiger partial charge in [0, 0.05) is 0 Å². The van der Waals surface area contributed by atoms with E-state index in [1.54, 1.807) is 0 Å². The maximum absolute atomic E-state index is 12.9. The Morgan fingerprint density at radius 3 is 2.20 bits per heavy atom. The Morgan fingerprint density at radius 1 is 1.25 bits per heavy atom. The second kappa shape index (κ2) is 6.27. The predicted octanol–water partition coefficient (Wildman–Crippen LogP) is 2.62. The number of ether oxygens (including phenoxy) is 1. The topological polar surface area (TPSA) is 52.6 Å². The lowest BCUT2D eigenvalue weighted by molar-refractivity contribution is -0.0691. The molecule has 0 N–H and O–H groups in total. The predicted molar refractivity (Wildman–Crippen MR) is 67.8 cm³/mol. The van der Waals surface area contributed by atoms with Crippen LogP contribution in [0.1, 0.15) is 5.56 Å². The van der Waals surface area contributed by atoms with E-state index in [1.165, 1.54) is 31.4 Å². The van der Waals surface area contributed by atoms with Gasteiger partial charge in [0.25, 0.3) is 10.1 Å². The fourth-order valence-electron chi connectivity index (χ4n) is 1.41. The molecule has 0 aliphatic heterocycles. The Morgan fingerprint density at radius 2 is 1.80 bits per heavy atom. The van der Waals surface area contributed by atoms with Crippen molar-refractivity contribution in [2.24, 2.45) is 0 Å². The summed E-state index contributed by atoms with van der Waals surface area (Å²) in [4.78, 5) is 0. The number of alkyl halides is 3. The van der Waals surface area contributed by atoms with Crippen LogP contribution < -0.4 is 4.74 Å². The SMILES string of the molecule is COc1ccc(/C(=C\COS(C)(=O)=O)C(F)(F)F)cc1. The van der Waals surface area contributed by atoms with E-state index in [9.17, 15) is 21.6 Å². The smallest absolute Gasteiger partial charge is 0.416 e. The minimum Gasteiger partial charge on any atom is -0.497 e. The summed E-state index contributed by atoms with van der Waals surface area (Å²) in [5.74, 6) is 0.419. The summed E-state index contributed by atoms with van der Waals surface area (Å²) < 4.78 is 69.3. The molecule has 0 unspecified atom stereocenters. The maximum Gasteiger partial charge on any atom is 0.416 e. The third-order valence-corrected chi connectivity index (χ3v) is 2.84. The third-order valence-electron chi connectivity index (χ3n) is 2.28.